The van der Waals surface area contributed by atoms with E-state index in [1.54, 1.807) is 11.9 Å². The Kier molecular flexibility index (Phi) is 13.2. The lowest BCUT2D eigenvalue weighted by atomic mass is 10.00. The summed E-state index contributed by atoms with van der Waals surface area (Å²) in [5, 5.41) is 16.9. The predicted octanol–water partition coefficient (Wildman–Crippen LogP) is 4.13. The Morgan fingerprint density at radius 2 is 1.68 bits per heavy atom. The zero-order chi connectivity index (χ0) is 27.2. The van der Waals surface area contributed by atoms with Crippen LogP contribution in [0.4, 0.5) is 8.78 Å². The van der Waals surface area contributed by atoms with Gasteiger partial charge in [-0.15, -0.1) is 0 Å². The van der Waals surface area contributed by atoms with Crippen LogP contribution in [0.3, 0.4) is 0 Å². The van der Waals surface area contributed by atoms with E-state index >= 15 is 0 Å². The molecule has 0 saturated heterocycles. The Bertz CT molecular complexity index is 982. The molecule has 2 atom stereocenters. The van der Waals surface area contributed by atoms with Crippen LogP contribution in [0.25, 0.3) is 0 Å². The molecule has 0 aliphatic rings. The first-order chi connectivity index (χ1) is 17.7. The van der Waals surface area contributed by atoms with Crippen molar-refractivity contribution in [2.24, 2.45) is 0 Å². The number of hydrogen-bond donors (Lipinski definition) is 3. The maximum Gasteiger partial charge on any atom is 0.222 e. The lowest BCUT2D eigenvalue weighted by molar-refractivity contribution is -0.130. The summed E-state index contributed by atoms with van der Waals surface area (Å²) in [5.41, 5.74) is 2.63. The van der Waals surface area contributed by atoms with E-state index in [0.29, 0.717) is 25.1 Å². The standard InChI is InChI=1S/C29H41F2N3O3/c1-4-6-13-34(3)29(37)12-8-11-28(36)33-26(17-23-15-24(30)18-25(31)16-23)27(35)20-32-19-22-10-7-9-21(5-2)14-22/h7,9-10,14-16,18,26-27,32,35H,4-6,8,11-13,17,19-20H2,1-3H3,(H,33,36)/t26-,27+/m1/s1. The molecule has 0 spiro atoms. The van der Waals surface area contributed by atoms with Crippen molar-refractivity contribution in [3.05, 3.63) is 70.8 Å². The van der Waals surface area contributed by atoms with Gasteiger partial charge < -0.3 is 20.6 Å². The largest absolute Gasteiger partial charge is 0.390 e. The fourth-order valence-corrected chi connectivity index (χ4v) is 4.12. The first-order valence-electron chi connectivity index (χ1n) is 13.2. The lowest BCUT2D eigenvalue weighted by Crippen LogP contribution is -2.48. The van der Waals surface area contributed by atoms with Crippen molar-refractivity contribution in [2.45, 2.75) is 77.5 Å². The maximum atomic E-state index is 13.7. The number of aliphatic hydroxyl groups excluding tert-OH is 1. The van der Waals surface area contributed by atoms with Crippen molar-refractivity contribution < 1.29 is 23.5 Å². The highest BCUT2D eigenvalue weighted by atomic mass is 19.1. The van der Waals surface area contributed by atoms with Gasteiger partial charge in [0.15, 0.2) is 0 Å². The number of aliphatic hydroxyl groups is 1. The molecule has 204 valence electrons. The van der Waals surface area contributed by atoms with Gasteiger partial charge in [-0.05, 0) is 54.5 Å². The Morgan fingerprint density at radius 3 is 2.35 bits per heavy atom. The number of rotatable bonds is 16. The second-order valence-corrected chi connectivity index (χ2v) is 9.55. The minimum Gasteiger partial charge on any atom is -0.390 e. The summed E-state index contributed by atoms with van der Waals surface area (Å²) in [6.45, 7) is 5.55. The summed E-state index contributed by atoms with van der Waals surface area (Å²) in [6.07, 6.45) is 2.68. The van der Waals surface area contributed by atoms with Crippen molar-refractivity contribution in [1.29, 1.82) is 0 Å². The number of carbonyl (C=O) groups is 2. The van der Waals surface area contributed by atoms with E-state index in [0.717, 1.165) is 30.9 Å². The van der Waals surface area contributed by atoms with Crippen LogP contribution in [0.1, 0.15) is 62.6 Å². The molecule has 0 heterocycles. The molecule has 0 radical (unpaired) electrons. The summed E-state index contributed by atoms with van der Waals surface area (Å²) in [5.74, 6) is -1.76. The molecule has 0 aliphatic carbocycles. The number of aryl methyl sites for hydroxylation is 1. The van der Waals surface area contributed by atoms with Crippen LogP contribution in [-0.2, 0) is 29.0 Å². The van der Waals surface area contributed by atoms with Crippen molar-refractivity contribution in [2.75, 3.05) is 20.1 Å². The number of amides is 2. The SMILES string of the molecule is CCCCN(C)C(=O)CCCC(=O)N[C@H](Cc1cc(F)cc(F)c1)[C@@H](O)CNCc1cccc(CC)c1. The Labute approximate surface area is 219 Å². The fraction of sp³-hybridized carbons (Fsp3) is 0.517. The van der Waals surface area contributed by atoms with Crippen molar-refractivity contribution >= 4 is 11.8 Å². The van der Waals surface area contributed by atoms with Crippen LogP contribution in [0.5, 0.6) is 0 Å². The second-order valence-electron chi connectivity index (χ2n) is 9.55. The average molecular weight is 518 g/mol. The van der Waals surface area contributed by atoms with Gasteiger partial charge in [-0.3, -0.25) is 9.59 Å². The monoisotopic (exact) mass is 517 g/mol. The van der Waals surface area contributed by atoms with Crippen LogP contribution >= 0.6 is 0 Å². The average Bonchev–Trinajstić information content (AvgIpc) is 2.86. The third-order valence-electron chi connectivity index (χ3n) is 6.34. The smallest absolute Gasteiger partial charge is 0.222 e. The van der Waals surface area contributed by atoms with E-state index in [-0.39, 0.29) is 37.6 Å². The molecular formula is C29H41F2N3O3. The summed E-state index contributed by atoms with van der Waals surface area (Å²) >= 11 is 0. The Balaban J connectivity index is 1.95. The minimum absolute atomic E-state index is 0.00980. The maximum absolute atomic E-state index is 13.7. The van der Waals surface area contributed by atoms with Gasteiger partial charge in [-0.1, -0.05) is 44.5 Å². The Hall–Kier alpha value is -2.84. The zero-order valence-corrected chi connectivity index (χ0v) is 22.2. The summed E-state index contributed by atoms with van der Waals surface area (Å²) < 4.78 is 27.5. The zero-order valence-electron chi connectivity index (χ0n) is 22.2. The van der Waals surface area contributed by atoms with Gasteiger partial charge in [0.05, 0.1) is 12.1 Å². The minimum atomic E-state index is -0.994. The molecule has 2 rings (SSSR count). The van der Waals surface area contributed by atoms with Crippen molar-refractivity contribution in [3.63, 3.8) is 0 Å². The summed E-state index contributed by atoms with van der Waals surface area (Å²) in [4.78, 5) is 26.5. The first kappa shape index (κ1) is 30.4. The number of carbonyl (C=O) groups excluding carboxylic acids is 2. The highest BCUT2D eigenvalue weighted by molar-refractivity contribution is 5.79. The topological polar surface area (TPSA) is 81.7 Å². The molecule has 0 unspecified atom stereocenters. The normalized spacial score (nSPS) is 12.7. The number of hydrogen-bond acceptors (Lipinski definition) is 4. The van der Waals surface area contributed by atoms with E-state index in [9.17, 15) is 23.5 Å². The molecule has 2 amide bonds. The first-order valence-corrected chi connectivity index (χ1v) is 13.2. The summed E-state index contributed by atoms with van der Waals surface area (Å²) in [7, 11) is 1.76. The molecule has 0 aliphatic heterocycles. The molecule has 37 heavy (non-hydrogen) atoms. The van der Waals surface area contributed by atoms with Gasteiger partial charge in [0, 0.05) is 45.6 Å². The fourth-order valence-electron chi connectivity index (χ4n) is 4.12. The van der Waals surface area contributed by atoms with Crippen LogP contribution in [0.2, 0.25) is 0 Å². The molecule has 0 saturated carbocycles. The second kappa shape index (κ2) is 16.1. The van der Waals surface area contributed by atoms with Gasteiger partial charge >= 0.3 is 0 Å². The van der Waals surface area contributed by atoms with Crippen LogP contribution in [0.15, 0.2) is 42.5 Å². The molecular weight excluding hydrogens is 476 g/mol. The third kappa shape index (κ3) is 11.4. The van der Waals surface area contributed by atoms with Gasteiger partial charge in [0.1, 0.15) is 11.6 Å². The highest BCUT2D eigenvalue weighted by Crippen LogP contribution is 2.13. The van der Waals surface area contributed by atoms with E-state index in [1.165, 1.54) is 17.7 Å². The number of benzene rings is 2. The number of nitrogens with zero attached hydrogens (tertiary/aromatic N) is 1. The number of unbranched alkanes of at least 4 members (excludes halogenated alkanes) is 1. The van der Waals surface area contributed by atoms with E-state index < -0.39 is 23.8 Å². The molecule has 2 aromatic rings. The molecule has 0 fully saturated rings. The van der Waals surface area contributed by atoms with Crippen LogP contribution < -0.4 is 10.6 Å². The molecule has 8 heteroatoms. The number of nitrogens with one attached hydrogen (secondary N) is 2. The quantitative estimate of drug-likeness (QED) is 0.313. The van der Waals surface area contributed by atoms with Crippen molar-refractivity contribution in [1.82, 2.24) is 15.5 Å². The lowest BCUT2D eigenvalue weighted by Gasteiger charge is -2.25. The van der Waals surface area contributed by atoms with Gasteiger partial charge in [0.25, 0.3) is 0 Å². The third-order valence-corrected chi connectivity index (χ3v) is 6.34. The predicted molar refractivity (Wildman–Crippen MR) is 142 cm³/mol. The molecule has 3 N–H and O–H groups in total. The van der Waals surface area contributed by atoms with E-state index in [4.69, 9.17) is 0 Å². The van der Waals surface area contributed by atoms with Crippen LogP contribution in [0, 0.1) is 11.6 Å². The van der Waals surface area contributed by atoms with Gasteiger partial charge in [-0.2, -0.15) is 0 Å². The van der Waals surface area contributed by atoms with Gasteiger partial charge in [-0.25, -0.2) is 8.78 Å². The molecule has 0 aromatic heterocycles. The molecule has 0 bridgehead atoms. The number of halogens is 2. The van der Waals surface area contributed by atoms with Gasteiger partial charge in [0.2, 0.25) is 11.8 Å². The summed E-state index contributed by atoms with van der Waals surface area (Å²) in [6, 6.07) is 10.6. The van der Waals surface area contributed by atoms with Crippen molar-refractivity contribution in [3.8, 4) is 0 Å². The Morgan fingerprint density at radius 1 is 0.973 bits per heavy atom. The molecule has 6 nitrogen and oxygen atoms in total. The van der Waals surface area contributed by atoms with E-state index in [1.807, 2.05) is 12.1 Å². The van der Waals surface area contributed by atoms with E-state index in [2.05, 4.69) is 36.6 Å². The molecule has 2 aromatic carbocycles. The van der Waals surface area contributed by atoms with Crippen LogP contribution in [-0.4, -0.2) is 54.1 Å². The highest BCUT2D eigenvalue weighted by Gasteiger charge is 2.22.